The molecule has 0 spiro atoms. The molecule has 0 aromatic heterocycles. The van der Waals surface area contributed by atoms with Gasteiger partial charge in [-0.1, -0.05) is 0 Å². The minimum absolute atomic E-state index is 0.508. The van der Waals surface area contributed by atoms with Gasteiger partial charge in [0.05, 0.1) is 5.56 Å². The number of rotatable bonds is 2. The van der Waals surface area contributed by atoms with E-state index >= 15 is 0 Å². The van der Waals surface area contributed by atoms with Crippen LogP contribution in [0.25, 0.3) is 5.76 Å². The summed E-state index contributed by atoms with van der Waals surface area (Å²) in [4.78, 5) is 10.9. The van der Waals surface area contributed by atoms with E-state index in [2.05, 4.69) is 0 Å². The molecule has 0 amide bonds. The Balaban J connectivity index is 3.44. The molecule has 16 heavy (non-hydrogen) atoms. The van der Waals surface area contributed by atoms with Gasteiger partial charge in [0.1, 0.15) is 29.0 Å². The molecule has 5 heteroatoms. The van der Waals surface area contributed by atoms with Crippen molar-refractivity contribution in [3.63, 3.8) is 0 Å². The van der Waals surface area contributed by atoms with Gasteiger partial charge in [0.25, 0.3) is 0 Å². The van der Waals surface area contributed by atoms with Crippen molar-refractivity contribution >= 4 is 11.5 Å². The lowest BCUT2D eigenvalue weighted by Gasteiger charge is -2.03. The van der Waals surface area contributed by atoms with Crippen LogP contribution < -0.4 is 0 Å². The zero-order valence-electron chi connectivity index (χ0n) is 8.29. The van der Waals surface area contributed by atoms with Crippen LogP contribution in [-0.2, 0) is 4.79 Å². The molecule has 0 bridgehead atoms. The van der Waals surface area contributed by atoms with Crippen molar-refractivity contribution in [1.29, 1.82) is 5.26 Å². The quantitative estimate of drug-likeness (QED) is 0.475. The summed E-state index contributed by atoms with van der Waals surface area (Å²) in [5, 5.41) is 18.1. The first-order valence-electron chi connectivity index (χ1n) is 4.27. The molecule has 0 unspecified atom stereocenters. The SMILES string of the molecule is CC(=O)/C(C#N)=C(/O)c1cc(F)ccc1F. The van der Waals surface area contributed by atoms with E-state index in [1.54, 1.807) is 0 Å². The summed E-state index contributed by atoms with van der Waals surface area (Å²) >= 11 is 0. The summed E-state index contributed by atoms with van der Waals surface area (Å²) in [6, 6.07) is 3.82. The third kappa shape index (κ3) is 2.23. The highest BCUT2D eigenvalue weighted by Gasteiger charge is 2.16. The summed E-state index contributed by atoms with van der Waals surface area (Å²) in [5.74, 6) is -3.26. The van der Waals surface area contributed by atoms with Crippen molar-refractivity contribution in [1.82, 2.24) is 0 Å². The lowest BCUT2D eigenvalue weighted by atomic mass is 10.1. The number of carbonyl (C=O) groups is 1. The molecule has 3 nitrogen and oxygen atoms in total. The first-order valence-corrected chi connectivity index (χ1v) is 4.27. The van der Waals surface area contributed by atoms with Gasteiger partial charge in [0, 0.05) is 6.92 Å². The normalized spacial score (nSPS) is 11.6. The Morgan fingerprint density at radius 1 is 1.44 bits per heavy atom. The Labute approximate surface area is 90.2 Å². The Morgan fingerprint density at radius 2 is 2.06 bits per heavy atom. The molecule has 0 aliphatic heterocycles. The fourth-order valence-corrected chi connectivity index (χ4v) is 1.11. The number of halogens is 2. The maximum Gasteiger partial charge on any atom is 0.174 e. The van der Waals surface area contributed by atoms with Crippen molar-refractivity contribution in [3.05, 3.63) is 41.0 Å². The molecule has 1 rings (SSSR count). The van der Waals surface area contributed by atoms with Gasteiger partial charge in [0.15, 0.2) is 5.78 Å². The van der Waals surface area contributed by atoms with Crippen molar-refractivity contribution in [2.75, 3.05) is 0 Å². The van der Waals surface area contributed by atoms with Gasteiger partial charge in [0.2, 0.25) is 0 Å². The van der Waals surface area contributed by atoms with Gasteiger partial charge >= 0.3 is 0 Å². The Hall–Kier alpha value is -2.22. The zero-order valence-corrected chi connectivity index (χ0v) is 8.29. The maximum absolute atomic E-state index is 13.2. The minimum atomic E-state index is -0.909. The lowest BCUT2D eigenvalue weighted by molar-refractivity contribution is -0.113. The number of allylic oxidation sites excluding steroid dienone is 1. The number of hydrogen-bond acceptors (Lipinski definition) is 3. The number of hydrogen-bond donors (Lipinski definition) is 1. The topological polar surface area (TPSA) is 61.1 Å². The third-order valence-corrected chi connectivity index (χ3v) is 1.88. The van der Waals surface area contributed by atoms with E-state index in [0.29, 0.717) is 6.07 Å². The van der Waals surface area contributed by atoms with E-state index in [4.69, 9.17) is 5.26 Å². The molecule has 0 heterocycles. The predicted octanol–water partition coefficient (Wildman–Crippen LogP) is 2.35. The molecular formula is C11H7F2NO2. The van der Waals surface area contributed by atoms with E-state index in [1.165, 1.54) is 6.07 Å². The molecule has 0 aliphatic carbocycles. The molecule has 1 aromatic rings. The predicted molar refractivity (Wildman–Crippen MR) is 52.2 cm³/mol. The second kappa shape index (κ2) is 4.53. The molecular weight excluding hydrogens is 216 g/mol. The molecule has 0 aliphatic rings. The van der Waals surface area contributed by atoms with Crippen molar-refractivity contribution < 1.29 is 18.7 Å². The van der Waals surface area contributed by atoms with Gasteiger partial charge in [-0.3, -0.25) is 4.79 Å². The fraction of sp³-hybridized carbons (Fsp3) is 0.0909. The minimum Gasteiger partial charge on any atom is -0.506 e. The average molecular weight is 223 g/mol. The average Bonchev–Trinajstić information content (AvgIpc) is 2.22. The first-order chi connectivity index (χ1) is 7.47. The standard InChI is InChI=1S/C11H7F2NO2/c1-6(15)9(5-14)11(16)8-4-7(12)2-3-10(8)13/h2-4,16H,1H3/b11-9+. The van der Waals surface area contributed by atoms with Crippen LogP contribution >= 0.6 is 0 Å². The molecule has 82 valence electrons. The lowest BCUT2D eigenvalue weighted by Crippen LogP contribution is -2.01. The summed E-state index contributed by atoms with van der Waals surface area (Å²) < 4.78 is 26.0. The highest BCUT2D eigenvalue weighted by molar-refractivity contribution is 6.03. The van der Waals surface area contributed by atoms with Gasteiger partial charge in [-0.25, -0.2) is 8.78 Å². The second-order valence-electron chi connectivity index (χ2n) is 3.02. The van der Waals surface area contributed by atoms with E-state index < -0.39 is 34.3 Å². The van der Waals surface area contributed by atoms with Crippen LogP contribution in [0.15, 0.2) is 23.8 Å². The Kier molecular flexibility index (Phi) is 3.36. The monoisotopic (exact) mass is 223 g/mol. The highest BCUT2D eigenvalue weighted by atomic mass is 19.1. The number of nitrogens with zero attached hydrogens (tertiary/aromatic N) is 1. The number of nitriles is 1. The van der Waals surface area contributed by atoms with Crippen LogP contribution in [0.1, 0.15) is 12.5 Å². The van der Waals surface area contributed by atoms with Crippen LogP contribution in [0.2, 0.25) is 0 Å². The number of aliphatic hydroxyl groups excluding tert-OH is 1. The number of ketones is 1. The van der Waals surface area contributed by atoms with E-state index in [0.717, 1.165) is 19.1 Å². The van der Waals surface area contributed by atoms with Crippen LogP contribution in [0, 0.1) is 23.0 Å². The third-order valence-electron chi connectivity index (χ3n) is 1.88. The summed E-state index contributed by atoms with van der Waals surface area (Å²) in [5.41, 5.74) is -1.11. The molecule has 0 fully saturated rings. The number of benzene rings is 1. The smallest absolute Gasteiger partial charge is 0.174 e. The van der Waals surface area contributed by atoms with Crippen molar-refractivity contribution in [2.24, 2.45) is 0 Å². The Morgan fingerprint density at radius 3 is 2.56 bits per heavy atom. The molecule has 0 saturated heterocycles. The van der Waals surface area contributed by atoms with Crippen LogP contribution in [0.3, 0.4) is 0 Å². The number of aliphatic hydroxyl groups is 1. The van der Waals surface area contributed by atoms with Crippen LogP contribution in [0.4, 0.5) is 8.78 Å². The summed E-state index contributed by atoms with van der Waals surface area (Å²) in [6.07, 6.45) is 0. The zero-order chi connectivity index (χ0) is 12.3. The molecule has 0 saturated carbocycles. The largest absolute Gasteiger partial charge is 0.506 e. The maximum atomic E-state index is 13.2. The van der Waals surface area contributed by atoms with Crippen LogP contribution in [0.5, 0.6) is 0 Å². The van der Waals surface area contributed by atoms with E-state index in [1.807, 2.05) is 0 Å². The van der Waals surface area contributed by atoms with E-state index in [9.17, 15) is 18.7 Å². The fourth-order valence-electron chi connectivity index (χ4n) is 1.11. The molecule has 1 N–H and O–H groups in total. The van der Waals surface area contributed by atoms with Gasteiger partial charge in [-0.05, 0) is 18.2 Å². The number of Topliss-reactive ketones (excluding diaryl/α,β-unsaturated/α-hetero) is 1. The molecule has 1 aromatic carbocycles. The highest BCUT2D eigenvalue weighted by Crippen LogP contribution is 2.20. The molecule has 0 radical (unpaired) electrons. The van der Waals surface area contributed by atoms with Gasteiger partial charge in [-0.15, -0.1) is 0 Å². The second-order valence-corrected chi connectivity index (χ2v) is 3.02. The Bertz CT molecular complexity index is 515. The summed E-state index contributed by atoms with van der Waals surface area (Å²) in [7, 11) is 0. The first kappa shape index (κ1) is 11.9. The van der Waals surface area contributed by atoms with Crippen LogP contribution in [-0.4, -0.2) is 10.9 Å². The van der Waals surface area contributed by atoms with Crippen molar-refractivity contribution in [3.8, 4) is 6.07 Å². The van der Waals surface area contributed by atoms with Crippen molar-refractivity contribution in [2.45, 2.75) is 6.92 Å². The summed E-state index contributed by atoms with van der Waals surface area (Å²) in [6.45, 7) is 1.05. The van der Waals surface area contributed by atoms with Gasteiger partial charge < -0.3 is 5.11 Å². The molecule has 0 atom stereocenters. The number of carbonyl (C=O) groups excluding carboxylic acids is 1. The van der Waals surface area contributed by atoms with Gasteiger partial charge in [-0.2, -0.15) is 5.26 Å². The van der Waals surface area contributed by atoms with E-state index in [-0.39, 0.29) is 0 Å².